The number of para-hydroxylation sites is 1. The van der Waals surface area contributed by atoms with Gasteiger partial charge in [0.05, 0.1) is 13.2 Å². The third kappa shape index (κ3) is 3.83. The molecule has 0 radical (unpaired) electrons. The third-order valence-electron chi connectivity index (χ3n) is 5.64. The Kier molecular flexibility index (Phi) is 5.21. The lowest BCUT2D eigenvalue weighted by Crippen LogP contribution is -2.31. The number of hydrazone groups is 1. The molecule has 1 atom stereocenters. The van der Waals surface area contributed by atoms with Crippen molar-refractivity contribution in [2.45, 2.75) is 12.5 Å². The molecule has 1 aromatic heterocycles. The summed E-state index contributed by atoms with van der Waals surface area (Å²) in [6.45, 7) is 0. The normalized spacial score (nSPS) is 15.4. The molecule has 0 saturated heterocycles. The fourth-order valence-corrected chi connectivity index (χ4v) is 3.91. The average Bonchev–Trinajstić information content (AvgIpc) is 3.46. The Hall–Kier alpha value is -4.66. The highest BCUT2D eigenvalue weighted by Gasteiger charge is 2.35. The van der Waals surface area contributed by atoms with Gasteiger partial charge in [-0.3, -0.25) is 0 Å². The van der Waals surface area contributed by atoms with Crippen LogP contribution in [0.3, 0.4) is 0 Å². The van der Waals surface area contributed by atoms with Crippen LogP contribution in [0.25, 0.3) is 11.0 Å². The summed E-state index contributed by atoms with van der Waals surface area (Å²) in [5, 5.41) is 38.7. The number of aromatic hydroxyl groups is 3. The third-order valence-corrected chi connectivity index (χ3v) is 5.64. The van der Waals surface area contributed by atoms with Crippen molar-refractivity contribution in [2.24, 2.45) is 5.10 Å². The monoisotopic (exact) mass is 459 g/mol. The number of hydrogen-bond donors (Lipinski definition) is 4. The minimum atomic E-state index is -0.548. The van der Waals surface area contributed by atoms with Gasteiger partial charge in [0, 0.05) is 23.6 Å². The van der Waals surface area contributed by atoms with E-state index in [0.717, 1.165) is 5.39 Å². The van der Waals surface area contributed by atoms with Crippen LogP contribution in [0.15, 0.2) is 76.2 Å². The number of benzene rings is 3. The van der Waals surface area contributed by atoms with E-state index in [9.17, 15) is 20.1 Å². The molecule has 9 heteroatoms. The highest BCUT2D eigenvalue weighted by Crippen LogP contribution is 2.38. The predicted octanol–water partition coefficient (Wildman–Crippen LogP) is 4.94. The number of fused-ring (bicyclic) bond motifs is 1. The Labute approximate surface area is 194 Å². The van der Waals surface area contributed by atoms with Gasteiger partial charge in [0.1, 0.15) is 11.3 Å². The number of hydrogen-bond acceptors (Lipinski definition) is 7. The topological polar surface area (TPSA) is 128 Å². The van der Waals surface area contributed by atoms with E-state index in [-0.39, 0.29) is 28.7 Å². The number of nitrogens with one attached hydrogen (secondary N) is 1. The minimum absolute atomic E-state index is 0.0155. The van der Waals surface area contributed by atoms with Crippen molar-refractivity contribution >= 4 is 28.4 Å². The lowest BCUT2D eigenvalue weighted by Gasteiger charge is -2.23. The Morgan fingerprint density at radius 2 is 1.82 bits per heavy atom. The lowest BCUT2D eigenvalue weighted by atomic mass is 10.0. The van der Waals surface area contributed by atoms with Crippen molar-refractivity contribution in [1.82, 2.24) is 5.01 Å². The maximum atomic E-state index is 13.2. The first-order chi connectivity index (χ1) is 16.4. The van der Waals surface area contributed by atoms with E-state index in [2.05, 4.69) is 10.4 Å². The van der Waals surface area contributed by atoms with E-state index in [1.54, 1.807) is 12.1 Å². The average molecular weight is 459 g/mol. The molecular weight excluding hydrogens is 438 g/mol. The van der Waals surface area contributed by atoms with Crippen molar-refractivity contribution in [3.63, 3.8) is 0 Å². The molecule has 1 aliphatic heterocycles. The lowest BCUT2D eigenvalue weighted by molar-refractivity contribution is 0.200. The molecule has 172 valence electrons. The fourth-order valence-electron chi connectivity index (χ4n) is 3.91. The van der Waals surface area contributed by atoms with Gasteiger partial charge in [0.25, 0.3) is 0 Å². The van der Waals surface area contributed by atoms with E-state index < -0.39 is 12.1 Å². The van der Waals surface area contributed by atoms with Crippen LogP contribution >= 0.6 is 0 Å². The number of methoxy groups -OCH3 is 1. The van der Waals surface area contributed by atoms with E-state index in [1.807, 2.05) is 30.3 Å². The van der Waals surface area contributed by atoms with Crippen molar-refractivity contribution in [3.8, 4) is 23.0 Å². The predicted molar refractivity (Wildman–Crippen MR) is 125 cm³/mol. The van der Waals surface area contributed by atoms with Crippen molar-refractivity contribution in [1.29, 1.82) is 0 Å². The molecule has 5 rings (SSSR count). The van der Waals surface area contributed by atoms with Gasteiger partial charge < -0.3 is 29.8 Å². The Balaban J connectivity index is 1.51. The first kappa shape index (κ1) is 21.2. The van der Waals surface area contributed by atoms with Gasteiger partial charge in [-0.1, -0.05) is 24.3 Å². The molecule has 3 aromatic carbocycles. The first-order valence-electron chi connectivity index (χ1n) is 10.5. The Bertz CT molecular complexity index is 1390. The van der Waals surface area contributed by atoms with Crippen LogP contribution in [0.1, 0.15) is 23.8 Å². The summed E-state index contributed by atoms with van der Waals surface area (Å²) in [6, 6.07) is 17.2. The van der Waals surface area contributed by atoms with Crippen molar-refractivity contribution in [3.05, 3.63) is 78.1 Å². The maximum Gasteiger partial charge on any atom is 0.342 e. The summed E-state index contributed by atoms with van der Waals surface area (Å²) in [6.07, 6.45) is 0.363. The second kappa shape index (κ2) is 8.36. The van der Waals surface area contributed by atoms with E-state index in [0.29, 0.717) is 29.0 Å². The quantitative estimate of drug-likeness (QED) is 0.253. The summed E-state index contributed by atoms with van der Waals surface area (Å²) in [7, 11) is 1.45. The van der Waals surface area contributed by atoms with Gasteiger partial charge in [0.15, 0.2) is 28.8 Å². The van der Waals surface area contributed by atoms with Gasteiger partial charge in [-0.15, -0.1) is 0 Å². The molecule has 34 heavy (non-hydrogen) atoms. The van der Waals surface area contributed by atoms with Crippen LogP contribution in [0.2, 0.25) is 0 Å². The number of ether oxygens (including phenoxy) is 1. The Morgan fingerprint density at radius 1 is 1.03 bits per heavy atom. The zero-order chi connectivity index (χ0) is 23.8. The molecule has 0 spiro atoms. The molecule has 4 N–H and O–H groups in total. The number of urea groups is 1. The largest absolute Gasteiger partial charge is 0.504 e. The number of carbonyl (C=O) groups excluding carboxylic acids is 1. The highest BCUT2D eigenvalue weighted by molar-refractivity contribution is 6.04. The SMILES string of the molecule is COc1cc(C2CC(c3cc4ccccc4o3)=NN2C(=O)Nc2ccc(O)c(O)c2)ccc1O. The summed E-state index contributed by atoms with van der Waals surface area (Å²) in [4.78, 5) is 13.2. The number of carbonyl (C=O) groups is 1. The molecule has 1 unspecified atom stereocenters. The van der Waals surface area contributed by atoms with Crippen LogP contribution < -0.4 is 10.1 Å². The number of phenolic OH excluding ortho intramolecular Hbond substituents is 3. The Morgan fingerprint density at radius 3 is 2.59 bits per heavy atom. The number of anilines is 1. The zero-order valence-corrected chi connectivity index (χ0v) is 18.1. The van der Waals surface area contributed by atoms with Crippen LogP contribution in [0.5, 0.6) is 23.0 Å². The molecule has 0 saturated carbocycles. The molecule has 2 heterocycles. The first-order valence-corrected chi connectivity index (χ1v) is 10.5. The van der Waals surface area contributed by atoms with E-state index >= 15 is 0 Å². The van der Waals surface area contributed by atoms with Gasteiger partial charge in [0.2, 0.25) is 0 Å². The molecule has 0 fully saturated rings. The number of furan rings is 1. The smallest absolute Gasteiger partial charge is 0.342 e. The van der Waals surface area contributed by atoms with Crippen LogP contribution in [0, 0.1) is 0 Å². The molecule has 4 aromatic rings. The van der Waals surface area contributed by atoms with Crippen molar-refractivity contribution in [2.75, 3.05) is 12.4 Å². The van der Waals surface area contributed by atoms with Gasteiger partial charge in [-0.25, -0.2) is 9.80 Å². The van der Waals surface area contributed by atoms with Gasteiger partial charge in [-0.2, -0.15) is 5.10 Å². The number of nitrogens with zero attached hydrogens (tertiary/aromatic N) is 2. The molecule has 2 amide bonds. The minimum Gasteiger partial charge on any atom is -0.504 e. The summed E-state index contributed by atoms with van der Waals surface area (Å²) >= 11 is 0. The van der Waals surface area contributed by atoms with Gasteiger partial charge in [-0.05, 0) is 42.0 Å². The van der Waals surface area contributed by atoms with Crippen LogP contribution in [-0.4, -0.2) is 39.2 Å². The second-order valence-corrected chi connectivity index (χ2v) is 7.82. The molecular formula is C25H21N3O6. The van der Waals surface area contributed by atoms with Crippen LogP contribution in [0.4, 0.5) is 10.5 Å². The summed E-state index contributed by atoms with van der Waals surface area (Å²) in [5.74, 6) is 0.162. The van der Waals surface area contributed by atoms with E-state index in [1.165, 1.54) is 36.4 Å². The number of amides is 2. The number of phenols is 3. The summed E-state index contributed by atoms with van der Waals surface area (Å²) < 4.78 is 11.2. The van der Waals surface area contributed by atoms with Crippen LogP contribution in [-0.2, 0) is 0 Å². The molecule has 0 bridgehead atoms. The standard InChI is InChI=1S/C25H21N3O6/c1-33-24-10-14(6-8-20(24)30)18-13-17(23-11-15-4-2-3-5-22(15)34-23)27-28(18)25(32)26-16-7-9-19(29)21(31)12-16/h2-12,18,29-31H,13H2,1H3,(H,26,32). The number of rotatable bonds is 4. The zero-order valence-electron chi connectivity index (χ0n) is 18.1. The molecule has 1 aliphatic rings. The van der Waals surface area contributed by atoms with E-state index in [4.69, 9.17) is 9.15 Å². The molecule has 9 nitrogen and oxygen atoms in total. The fraction of sp³-hybridized carbons (Fsp3) is 0.120. The van der Waals surface area contributed by atoms with Crippen molar-refractivity contribution < 1.29 is 29.3 Å². The maximum absolute atomic E-state index is 13.2. The summed E-state index contributed by atoms with van der Waals surface area (Å²) in [5.41, 5.74) is 2.28. The molecule has 0 aliphatic carbocycles. The van der Waals surface area contributed by atoms with Gasteiger partial charge >= 0.3 is 6.03 Å². The highest BCUT2D eigenvalue weighted by atomic mass is 16.5. The second-order valence-electron chi connectivity index (χ2n) is 7.82.